The number of aryl methyl sites for hydroxylation is 2. The molecule has 0 spiro atoms. The summed E-state index contributed by atoms with van der Waals surface area (Å²) in [5.74, 6) is 0.862. The monoisotopic (exact) mass is 289 g/mol. The zero-order valence-electron chi connectivity index (χ0n) is 12.9. The lowest BCUT2D eigenvalue weighted by molar-refractivity contribution is 0.197. The maximum absolute atomic E-state index is 5.88. The van der Waals surface area contributed by atoms with E-state index in [0.717, 1.165) is 35.8 Å². The minimum atomic E-state index is 0.614. The molecule has 0 fully saturated rings. The second kappa shape index (κ2) is 7.81. The molecule has 2 aromatic rings. The Labute approximate surface area is 125 Å². The average Bonchev–Trinajstić information content (AvgIpc) is 2.90. The second-order valence-electron chi connectivity index (χ2n) is 5.03. The molecule has 1 aromatic heterocycles. The highest BCUT2D eigenvalue weighted by molar-refractivity contribution is 5.68. The zero-order chi connectivity index (χ0) is 15.1. The number of hydrogen-bond donors (Lipinski definition) is 2. The summed E-state index contributed by atoms with van der Waals surface area (Å²) >= 11 is 0. The van der Waals surface area contributed by atoms with Crippen LogP contribution in [0.25, 0.3) is 11.3 Å². The molecule has 5 nitrogen and oxygen atoms in total. The van der Waals surface area contributed by atoms with Crippen LogP contribution in [0, 0.1) is 13.8 Å². The van der Waals surface area contributed by atoms with E-state index in [0.29, 0.717) is 13.2 Å². The van der Waals surface area contributed by atoms with Crippen LogP contribution in [0.3, 0.4) is 0 Å². The summed E-state index contributed by atoms with van der Waals surface area (Å²) < 4.78 is 10.9. The molecule has 1 aromatic carbocycles. The molecule has 114 valence electrons. The molecule has 0 saturated carbocycles. The summed E-state index contributed by atoms with van der Waals surface area (Å²) in [5.41, 5.74) is 4.17. The van der Waals surface area contributed by atoms with E-state index in [1.54, 1.807) is 7.11 Å². The standard InChI is InChI=1S/C16H23N3O2/c1-12-4-5-16(21-9-7-17-6-8-20-3)14(10-12)15-11-13(2)18-19-15/h4-5,10-11,17H,6-9H2,1-3H3,(H,18,19). The molecule has 0 radical (unpaired) electrons. The van der Waals surface area contributed by atoms with Crippen LogP contribution in [-0.4, -0.2) is 43.6 Å². The Morgan fingerprint density at radius 3 is 2.67 bits per heavy atom. The maximum Gasteiger partial charge on any atom is 0.128 e. The minimum absolute atomic E-state index is 0.614. The third-order valence-corrected chi connectivity index (χ3v) is 3.14. The van der Waals surface area contributed by atoms with Crippen molar-refractivity contribution in [2.24, 2.45) is 0 Å². The van der Waals surface area contributed by atoms with Crippen molar-refractivity contribution in [3.8, 4) is 17.0 Å². The number of methoxy groups -OCH3 is 1. The Balaban J connectivity index is 1.99. The molecule has 0 aliphatic heterocycles. The van der Waals surface area contributed by atoms with Crippen LogP contribution in [-0.2, 0) is 4.74 Å². The molecule has 2 N–H and O–H groups in total. The maximum atomic E-state index is 5.88. The van der Waals surface area contributed by atoms with Gasteiger partial charge in [0.05, 0.1) is 12.3 Å². The summed E-state index contributed by atoms with van der Waals surface area (Å²) in [7, 11) is 1.70. The van der Waals surface area contributed by atoms with Gasteiger partial charge in [-0.15, -0.1) is 0 Å². The summed E-state index contributed by atoms with van der Waals surface area (Å²) in [4.78, 5) is 0. The van der Waals surface area contributed by atoms with Gasteiger partial charge in [0.1, 0.15) is 12.4 Å². The summed E-state index contributed by atoms with van der Waals surface area (Å²) in [6.07, 6.45) is 0. The molecule has 0 aliphatic rings. The number of nitrogens with one attached hydrogen (secondary N) is 2. The average molecular weight is 289 g/mol. The quantitative estimate of drug-likeness (QED) is 0.732. The normalized spacial score (nSPS) is 10.8. The zero-order valence-corrected chi connectivity index (χ0v) is 12.9. The fraction of sp³-hybridized carbons (Fsp3) is 0.438. The second-order valence-corrected chi connectivity index (χ2v) is 5.03. The number of nitrogens with zero attached hydrogens (tertiary/aromatic N) is 1. The van der Waals surface area contributed by atoms with Crippen molar-refractivity contribution in [1.29, 1.82) is 0 Å². The van der Waals surface area contributed by atoms with Crippen molar-refractivity contribution in [3.63, 3.8) is 0 Å². The molecule has 2 rings (SSSR count). The van der Waals surface area contributed by atoms with Gasteiger partial charge in [0.25, 0.3) is 0 Å². The first-order chi connectivity index (χ1) is 10.2. The number of aromatic amines is 1. The lowest BCUT2D eigenvalue weighted by atomic mass is 10.1. The highest BCUT2D eigenvalue weighted by Gasteiger charge is 2.09. The van der Waals surface area contributed by atoms with Gasteiger partial charge < -0.3 is 14.8 Å². The van der Waals surface area contributed by atoms with Crippen molar-refractivity contribution in [2.75, 3.05) is 33.4 Å². The molecule has 1 heterocycles. The van der Waals surface area contributed by atoms with Crippen molar-refractivity contribution in [1.82, 2.24) is 15.5 Å². The molecule has 0 bridgehead atoms. The van der Waals surface area contributed by atoms with Crippen LogP contribution in [0.5, 0.6) is 5.75 Å². The molecular weight excluding hydrogens is 266 g/mol. The number of benzene rings is 1. The van der Waals surface area contributed by atoms with Crippen LogP contribution in [0.2, 0.25) is 0 Å². The Morgan fingerprint density at radius 2 is 1.95 bits per heavy atom. The van der Waals surface area contributed by atoms with Crippen LogP contribution in [0.1, 0.15) is 11.3 Å². The van der Waals surface area contributed by atoms with Crippen molar-refractivity contribution in [3.05, 3.63) is 35.5 Å². The predicted octanol–water partition coefficient (Wildman–Crippen LogP) is 2.31. The minimum Gasteiger partial charge on any atom is -0.492 e. The number of aromatic nitrogens is 2. The highest BCUT2D eigenvalue weighted by atomic mass is 16.5. The number of H-pyrrole nitrogens is 1. The van der Waals surface area contributed by atoms with Gasteiger partial charge in [-0.2, -0.15) is 5.10 Å². The van der Waals surface area contributed by atoms with E-state index in [4.69, 9.17) is 9.47 Å². The number of hydrogen-bond acceptors (Lipinski definition) is 4. The van der Waals surface area contributed by atoms with E-state index < -0.39 is 0 Å². The van der Waals surface area contributed by atoms with Gasteiger partial charge in [0.15, 0.2) is 0 Å². The van der Waals surface area contributed by atoms with E-state index in [1.807, 2.05) is 19.1 Å². The van der Waals surface area contributed by atoms with Gasteiger partial charge in [-0.05, 0) is 32.0 Å². The number of rotatable bonds is 8. The Hall–Kier alpha value is -1.85. The van der Waals surface area contributed by atoms with Crippen molar-refractivity contribution < 1.29 is 9.47 Å². The first-order valence-electron chi connectivity index (χ1n) is 7.16. The Morgan fingerprint density at radius 1 is 1.14 bits per heavy atom. The Kier molecular flexibility index (Phi) is 5.78. The summed E-state index contributed by atoms with van der Waals surface area (Å²) in [6.45, 7) is 7.01. The van der Waals surface area contributed by atoms with E-state index in [-0.39, 0.29) is 0 Å². The van der Waals surface area contributed by atoms with Gasteiger partial charge in [-0.1, -0.05) is 11.6 Å². The van der Waals surface area contributed by atoms with Crippen LogP contribution >= 0.6 is 0 Å². The fourth-order valence-electron chi connectivity index (χ4n) is 2.06. The molecule has 0 unspecified atom stereocenters. The first kappa shape index (κ1) is 15.5. The van der Waals surface area contributed by atoms with Crippen molar-refractivity contribution >= 4 is 0 Å². The van der Waals surface area contributed by atoms with E-state index in [9.17, 15) is 0 Å². The van der Waals surface area contributed by atoms with Crippen molar-refractivity contribution in [2.45, 2.75) is 13.8 Å². The third-order valence-electron chi connectivity index (χ3n) is 3.14. The smallest absolute Gasteiger partial charge is 0.128 e. The van der Waals surface area contributed by atoms with Crippen LogP contribution < -0.4 is 10.1 Å². The first-order valence-corrected chi connectivity index (χ1v) is 7.16. The van der Waals surface area contributed by atoms with E-state index in [1.165, 1.54) is 5.56 Å². The summed E-state index contributed by atoms with van der Waals surface area (Å²) in [5, 5.41) is 10.6. The molecular formula is C16H23N3O2. The molecule has 21 heavy (non-hydrogen) atoms. The lowest BCUT2D eigenvalue weighted by Crippen LogP contribution is -2.24. The van der Waals surface area contributed by atoms with E-state index >= 15 is 0 Å². The molecule has 0 aliphatic carbocycles. The molecule has 0 amide bonds. The molecule has 0 saturated heterocycles. The fourth-order valence-corrected chi connectivity index (χ4v) is 2.06. The third kappa shape index (κ3) is 4.58. The van der Waals surface area contributed by atoms with Gasteiger partial charge in [0, 0.05) is 31.5 Å². The molecule has 0 atom stereocenters. The van der Waals surface area contributed by atoms with Crippen LogP contribution in [0.15, 0.2) is 24.3 Å². The van der Waals surface area contributed by atoms with Gasteiger partial charge >= 0.3 is 0 Å². The largest absolute Gasteiger partial charge is 0.492 e. The van der Waals surface area contributed by atoms with Gasteiger partial charge in [-0.3, -0.25) is 5.10 Å². The Bertz CT molecular complexity index is 566. The molecule has 5 heteroatoms. The van der Waals surface area contributed by atoms with Gasteiger partial charge in [0.2, 0.25) is 0 Å². The van der Waals surface area contributed by atoms with Crippen LogP contribution in [0.4, 0.5) is 0 Å². The lowest BCUT2D eigenvalue weighted by Gasteiger charge is -2.11. The van der Waals surface area contributed by atoms with E-state index in [2.05, 4.69) is 34.6 Å². The highest BCUT2D eigenvalue weighted by Crippen LogP contribution is 2.29. The summed E-state index contributed by atoms with van der Waals surface area (Å²) in [6, 6.07) is 8.18. The van der Waals surface area contributed by atoms with Gasteiger partial charge in [-0.25, -0.2) is 0 Å². The predicted molar refractivity (Wildman–Crippen MR) is 83.7 cm³/mol. The SMILES string of the molecule is COCCNCCOc1ccc(C)cc1-c1cc(C)[nH]n1. The number of ether oxygens (including phenoxy) is 2. The topological polar surface area (TPSA) is 59.2 Å².